The van der Waals surface area contributed by atoms with Crippen molar-refractivity contribution in [2.24, 2.45) is 5.73 Å². The van der Waals surface area contributed by atoms with Gasteiger partial charge < -0.3 is 10.8 Å². The van der Waals surface area contributed by atoms with E-state index in [0.29, 0.717) is 0 Å². The first-order valence-corrected chi connectivity index (χ1v) is 1.19. The van der Waals surface area contributed by atoms with Gasteiger partial charge in [0.25, 0.3) is 0 Å². The minimum absolute atomic E-state index is 0. The van der Waals surface area contributed by atoms with Crippen LogP contribution in [-0.2, 0) is 31.0 Å². The molecule has 0 aromatic heterocycles. The molecule has 15 heavy (non-hydrogen) atoms. The minimum Gasteiger partial charge on any atom is -0.480 e. The number of rotatable bonds is 1. The second-order valence-electron chi connectivity index (χ2n) is 0.598. The van der Waals surface area contributed by atoms with Crippen molar-refractivity contribution in [2.75, 3.05) is 6.54 Å². The Hall–Kier alpha value is 3.17. The summed E-state index contributed by atoms with van der Waals surface area (Å²) in [6, 6.07) is 0. The van der Waals surface area contributed by atoms with Crippen LogP contribution in [0.3, 0.4) is 0 Å². The van der Waals surface area contributed by atoms with E-state index < -0.39 is 5.97 Å². The van der Waals surface area contributed by atoms with Crippen molar-refractivity contribution < 1.29 is 36.1 Å². The Balaban J connectivity index is -0.00000000178. The standard InChI is InChI=1S/C2H5NO2.Al.8ClH.Zr.3H/c3-1-2(4)5;;;;;;;;;;;;;/h1,3H2,(H,4,5);;8*1H;;;;. The second-order valence-corrected chi connectivity index (χ2v) is 0.598. The molecule has 0 saturated carbocycles. The third-order valence-electron chi connectivity index (χ3n) is 0.175. The van der Waals surface area contributed by atoms with Crippen molar-refractivity contribution in [3.8, 4) is 0 Å². The number of carbonyl (C=O) groups is 1. The number of carboxylic acid groups (broad SMARTS) is 1. The third kappa shape index (κ3) is 148. The zero-order valence-electron chi connectivity index (χ0n) is 6.41. The molecule has 0 aliphatic carbocycles. The monoisotopic (exact) mass is 483 g/mol. The predicted molar refractivity (Wildman–Crippen MR) is 84.6 cm³/mol. The summed E-state index contributed by atoms with van der Waals surface area (Å²) in [7, 11) is 0. The smallest absolute Gasteiger partial charge is 0.317 e. The first-order valence-electron chi connectivity index (χ1n) is 1.19. The number of aliphatic carboxylic acids is 1. The predicted octanol–water partition coefficient (Wildman–Crippen LogP) is 1.22. The van der Waals surface area contributed by atoms with Gasteiger partial charge in [0.2, 0.25) is 0 Å². The fourth-order valence-electron chi connectivity index (χ4n) is 0. The zero-order valence-corrected chi connectivity index (χ0v) is 15.4. The molecule has 0 aromatic rings. The molecule has 0 heterocycles. The summed E-state index contributed by atoms with van der Waals surface area (Å²) in [5, 5.41) is 7.60. The van der Waals surface area contributed by atoms with Crippen LogP contribution >= 0.6 is 99.3 Å². The molecular formula is C2H16AlCl8NO2Zr. The Labute approximate surface area is 169 Å². The van der Waals surface area contributed by atoms with Crippen LogP contribution in [0.2, 0.25) is 0 Å². The maximum absolute atomic E-state index is 9.24. The van der Waals surface area contributed by atoms with Gasteiger partial charge in [0, 0.05) is 26.2 Å². The molecule has 3 nitrogen and oxygen atoms in total. The molecule has 0 aliphatic heterocycles. The number of hydrogen-bond donors (Lipinski definition) is 2. The molecule has 3 N–H and O–H groups in total. The summed E-state index contributed by atoms with van der Waals surface area (Å²) in [4.78, 5) is 9.24. The van der Waals surface area contributed by atoms with Crippen LogP contribution in [0.15, 0.2) is 0 Å². The molecule has 0 radical (unpaired) electrons. The topological polar surface area (TPSA) is 63.3 Å². The summed E-state index contributed by atoms with van der Waals surface area (Å²) in [5.74, 6) is -0.968. The van der Waals surface area contributed by atoms with E-state index in [-0.39, 0.29) is 149 Å². The minimum atomic E-state index is -0.968. The molecule has 13 heteroatoms. The SMILES string of the molecule is Cl.Cl.Cl.Cl.Cl.Cl.Cl.Cl.NCC(=O)O.[AlH3].[Zr]. The number of hydrogen-bond acceptors (Lipinski definition) is 2. The summed E-state index contributed by atoms with van der Waals surface area (Å²) in [6.45, 7) is -0.278. The molecule has 0 bridgehead atoms. The van der Waals surface area contributed by atoms with Gasteiger partial charge in [-0.3, -0.25) is 4.79 Å². The zero-order chi connectivity index (χ0) is 4.28. The molecule has 0 fully saturated rings. The Bertz CT molecular complexity index is 65.9. The maximum atomic E-state index is 9.24. The molecule has 0 aromatic carbocycles. The number of halogens is 8. The van der Waals surface area contributed by atoms with Crippen molar-refractivity contribution in [3.05, 3.63) is 0 Å². The molecule has 0 atom stereocenters. The largest absolute Gasteiger partial charge is 0.480 e. The summed E-state index contributed by atoms with van der Waals surface area (Å²) in [6.07, 6.45) is 0. The van der Waals surface area contributed by atoms with E-state index in [1.54, 1.807) is 0 Å². The summed E-state index contributed by atoms with van der Waals surface area (Å²) in [5.41, 5.74) is 4.57. The molecule has 0 saturated heterocycles. The van der Waals surface area contributed by atoms with Gasteiger partial charge in [0.15, 0.2) is 17.4 Å². The van der Waals surface area contributed by atoms with Gasteiger partial charge in [-0.15, -0.1) is 99.3 Å². The van der Waals surface area contributed by atoms with E-state index in [1.807, 2.05) is 0 Å². The van der Waals surface area contributed by atoms with Crippen molar-refractivity contribution >= 4 is 123 Å². The Morgan fingerprint density at radius 3 is 0.933 bits per heavy atom. The van der Waals surface area contributed by atoms with E-state index in [9.17, 15) is 4.79 Å². The summed E-state index contributed by atoms with van der Waals surface area (Å²) >= 11 is 0. The fraction of sp³-hybridized carbons (Fsp3) is 0.500. The number of nitrogens with two attached hydrogens (primary N) is 1. The average Bonchev–Trinajstić information content (AvgIpc) is 1.38. The van der Waals surface area contributed by atoms with E-state index in [1.165, 1.54) is 0 Å². The Morgan fingerprint density at radius 2 is 0.933 bits per heavy atom. The molecule has 0 unspecified atom stereocenters. The van der Waals surface area contributed by atoms with Gasteiger partial charge in [0.1, 0.15) is 0 Å². The van der Waals surface area contributed by atoms with Gasteiger partial charge in [-0.25, -0.2) is 0 Å². The van der Waals surface area contributed by atoms with E-state index in [0.717, 1.165) is 0 Å². The molecule has 0 spiro atoms. The van der Waals surface area contributed by atoms with Crippen LogP contribution in [0, 0.1) is 0 Å². The fourth-order valence-corrected chi connectivity index (χ4v) is 0. The van der Waals surface area contributed by atoms with Crippen LogP contribution in [0.25, 0.3) is 0 Å². The quantitative estimate of drug-likeness (QED) is 0.547. The van der Waals surface area contributed by atoms with Crippen molar-refractivity contribution in [1.82, 2.24) is 0 Å². The molecule has 0 rings (SSSR count). The van der Waals surface area contributed by atoms with E-state index in [4.69, 9.17) is 5.11 Å². The van der Waals surface area contributed by atoms with Gasteiger partial charge in [-0.1, -0.05) is 0 Å². The van der Waals surface area contributed by atoms with Crippen molar-refractivity contribution in [3.63, 3.8) is 0 Å². The third-order valence-corrected chi connectivity index (χ3v) is 0.175. The van der Waals surface area contributed by atoms with E-state index in [2.05, 4.69) is 5.73 Å². The normalized spacial score (nSPS) is 2.47. The van der Waals surface area contributed by atoms with Crippen LogP contribution in [-0.4, -0.2) is 35.0 Å². The van der Waals surface area contributed by atoms with Gasteiger partial charge >= 0.3 is 5.97 Å². The molecule has 0 aliphatic rings. The second kappa shape index (κ2) is 87.4. The average molecular weight is 488 g/mol. The molecule has 0 amide bonds. The van der Waals surface area contributed by atoms with Crippen LogP contribution in [0.5, 0.6) is 0 Å². The first-order chi connectivity index (χ1) is 2.27. The van der Waals surface area contributed by atoms with Crippen LogP contribution < -0.4 is 5.73 Å². The first kappa shape index (κ1) is 104. The van der Waals surface area contributed by atoms with Crippen LogP contribution in [0.4, 0.5) is 0 Å². The van der Waals surface area contributed by atoms with Crippen molar-refractivity contribution in [2.45, 2.75) is 0 Å². The van der Waals surface area contributed by atoms with Gasteiger partial charge in [0.05, 0.1) is 6.54 Å². The van der Waals surface area contributed by atoms with E-state index >= 15 is 0 Å². The maximum Gasteiger partial charge on any atom is 0.317 e. The number of carboxylic acids is 1. The Kier molecular flexibility index (Phi) is 607. The van der Waals surface area contributed by atoms with Crippen molar-refractivity contribution in [1.29, 1.82) is 0 Å². The van der Waals surface area contributed by atoms with Crippen LogP contribution in [0.1, 0.15) is 0 Å². The Morgan fingerprint density at radius 1 is 0.867 bits per heavy atom. The summed E-state index contributed by atoms with van der Waals surface area (Å²) < 4.78 is 0. The van der Waals surface area contributed by atoms with Gasteiger partial charge in [-0.05, 0) is 0 Å². The van der Waals surface area contributed by atoms with Gasteiger partial charge in [-0.2, -0.15) is 0 Å². The molecule has 104 valence electrons. The molecular weight excluding hydrogens is 472 g/mol.